The number of hydrogen-bond acceptors (Lipinski definition) is 4. The molecule has 0 aliphatic rings. The first-order valence-corrected chi connectivity index (χ1v) is 8.20. The van der Waals surface area contributed by atoms with Crippen molar-refractivity contribution in [1.82, 2.24) is 9.97 Å². The number of halogens is 1. The number of pyridine rings is 1. The Hall–Kier alpha value is -2.24. The van der Waals surface area contributed by atoms with E-state index in [1.165, 1.54) is 11.3 Å². The Morgan fingerprint density at radius 3 is 2.78 bits per heavy atom. The molecule has 0 bridgehead atoms. The van der Waals surface area contributed by atoms with Gasteiger partial charge < -0.3 is 5.32 Å². The van der Waals surface area contributed by atoms with Crippen LogP contribution in [0.4, 0.5) is 5.69 Å². The lowest BCUT2D eigenvalue weighted by Gasteiger charge is -2.07. The third-order valence-electron chi connectivity index (χ3n) is 3.33. The van der Waals surface area contributed by atoms with Crippen LogP contribution in [0.2, 0.25) is 5.02 Å². The van der Waals surface area contributed by atoms with E-state index in [9.17, 15) is 4.79 Å². The number of aryl methyl sites for hydroxylation is 2. The highest BCUT2D eigenvalue weighted by atomic mass is 35.5. The van der Waals surface area contributed by atoms with Crippen LogP contribution in [-0.4, -0.2) is 15.9 Å². The van der Waals surface area contributed by atoms with Gasteiger partial charge in [-0.25, -0.2) is 4.98 Å². The molecule has 0 unspecified atom stereocenters. The minimum atomic E-state index is -0.187. The first-order valence-electron chi connectivity index (χ1n) is 7.01. The minimum absolute atomic E-state index is 0.187. The van der Waals surface area contributed by atoms with E-state index in [4.69, 9.17) is 11.6 Å². The number of carbonyl (C=O) groups is 1. The Morgan fingerprint density at radius 1 is 1.22 bits per heavy atom. The lowest BCUT2D eigenvalue weighted by atomic mass is 10.2. The first-order chi connectivity index (χ1) is 11.0. The van der Waals surface area contributed by atoms with E-state index in [1.807, 2.05) is 38.1 Å². The zero-order valence-corrected chi connectivity index (χ0v) is 14.2. The van der Waals surface area contributed by atoms with Crippen LogP contribution in [0.1, 0.15) is 20.9 Å². The molecule has 2 heterocycles. The van der Waals surface area contributed by atoms with Crippen molar-refractivity contribution in [1.29, 1.82) is 0 Å². The van der Waals surface area contributed by atoms with E-state index in [-0.39, 0.29) is 5.91 Å². The molecule has 6 heteroatoms. The van der Waals surface area contributed by atoms with Gasteiger partial charge in [0.05, 0.1) is 11.4 Å². The molecule has 0 fully saturated rings. The van der Waals surface area contributed by atoms with E-state index >= 15 is 0 Å². The number of nitrogens with one attached hydrogen (secondary N) is 1. The molecular formula is C17H14ClN3OS. The molecule has 0 saturated carbocycles. The number of carbonyl (C=O) groups excluding carboxylic acids is 1. The summed E-state index contributed by atoms with van der Waals surface area (Å²) in [5, 5.41) is 4.22. The number of anilines is 1. The van der Waals surface area contributed by atoms with Crippen LogP contribution in [0.3, 0.4) is 0 Å². The second kappa shape index (κ2) is 6.48. The van der Waals surface area contributed by atoms with E-state index in [0.29, 0.717) is 21.3 Å². The molecule has 23 heavy (non-hydrogen) atoms. The topological polar surface area (TPSA) is 54.9 Å². The highest BCUT2D eigenvalue weighted by Gasteiger charge is 2.17. The van der Waals surface area contributed by atoms with Gasteiger partial charge in [0, 0.05) is 16.9 Å². The van der Waals surface area contributed by atoms with Crippen LogP contribution >= 0.6 is 22.9 Å². The molecule has 0 spiro atoms. The molecule has 0 atom stereocenters. The van der Waals surface area contributed by atoms with Crippen molar-refractivity contribution in [2.45, 2.75) is 13.8 Å². The molecule has 116 valence electrons. The number of thiazole rings is 1. The molecule has 3 rings (SSSR count). The van der Waals surface area contributed by atoms with Gasteiger partial charge in [-0.15, -0.1) is 11.3 Å². The van der Waals surface area contributed by atoms with E-state index in [0.717, 1.165) is 16.3 Å². The van der Waals surface area contributed by atoms with Gasteiger partial charge in [-0.3, -0.25) is 9.78 Å². The number of rotatable bonds is 3. The van der Waals surface area contributed by atoms with Crippen LogP contribution in [-0.2, 0) is 0 Å². The molecule has 0 aliphatic heterocycles. The van der Waals surface area contributed by atoms with Crippen molar-refractivity contribution in [3.8, 4) is 10.7 Å². The number of benzene rings is 1. The van der Waals surface area contributed by atoms with Crippen molar-refractivity contribution in [3.63, 3.8) is 0 Å². The van der Waals surface area contributed by atoms with Crippen LogP contribution in [0.25, 0.3) is 10.7 Å². The number of hydrogen-bond donors (Lipinski definition) is 1. The van der Waals surface area contributed by atoms with Crippen molar-refractivity contribution in [3.05, 3.63) is 63.8 Å². The van der Waals surface area contributed by atoms with Gasteiger partial charge in [-0.1, -0.05) is 23.7 Å². The van der Waals surface area contributed by atoms with E-state index in [1.54, 1.807) is 18.3 Å². The zero-order valence-electron chi connectivity index (χ0n) is 12.6. The molecule has 2 aromatic heterocycles. The summed E-state index contributed by atoms with van der Waals surface area (Å²) in [5.41, 5.74) is 3.11. The summed E-state index contributed by atoms with van der Waals surface area (Å²) in [6.45, 7) is 3.74. The molecule has 4 nitrogen and oxygen atoms in total. The van der Waals surface area contributed by atoms with Crippen molar-refractivity contribution < 1.29 is 4.79 Å². The second-order valence-corrected chi connectivity index (χ2v) is 6.50. The highest BCUT2D eigenvalue weighted by molar-refractivity contribution is 7.17. The van der Waals surface area contributed by atoms with Crippen molar-refractivity contribution in [2.24, 2.45) is 0 Å². The second-order valence-electron chi connectivity index (χ2n) is 5.06. The van der Waals surface area contributed by atoms with Gasteiger partial charge in [0.2, 0.25) is 0 Å². The molecule has 1 N–H and O–H groups in total. The predicted molar refractivity (Wildman–Crippen MR) is 94.2 cm³/mol. The van der Waals surface area contributed by atoms with Gasteiger partial charge in [-0.2, -0.15) is 0 Å². The Balaban J connectivity index is 1.88. The number of aromatic nitrogens is 2. The number of amides is 1. The van der Waals surface area contributed by atoms with Crippen molar-refractivity contribution >= 4 is 34.5 Å². The molecule has 3 aromatic rings. The summed E-state index contributed by atoms with van der Waals surface area (Å²) < 4.78 is 0. The third-order valence-corrected chi connectivity index (χ3v) is 4.75. The van der Waals surface area contributed by atoms with Gasteiger partial charge in [-0.05, 0) is 43.7 Å². The lowest BCUT2D eigenvalue weighted by molar-refractivity contribution is 0.102. The fourth-order valence-electron chi connectivity index (χ4n) is 2.11. The monoisotopic (exact) mass is 343 g/mol. The first kappa shape index (κ1) is 15.6. The Kier molecular flexibility index (Phi) is 4.41. The summed E-state index contributed by atoms with van der Waals surface area (Å²) in [4.78, 5) is 21.8. The van der Waals surface area contributed by atoms with Gasteiger partial charge in [0.1, 0.15) is 9.88 Å². The number of nitrogens with zero attached hydrogens (tertiary/aromatic N) is 2. The van der Waals surface area contributed by atoms with E-state index in [2.05, 4.69) is 15.3 Å². The highest BCUT2D eigenvalue weighted by Crippen LogP contribution is 2.28. The molecule has 1 aromatic carbocycles. The molecule has 1 amide bonds. The molecule has 0 aliphatic carbocycles. The maximum atomic E-state index is 12.5. The fraction of sp³-hybridized carbons (Fsp3) is 0.118. The average Bonchev–Trinajstić information content (AvgIpc) is 2.94. The standard InChI is InChI=1S/C17H14ClN3OS/c1-10-6-7-12(18)9-14(10)21-16(22)15-11(2)20-17(23-15)13-5-3-4-8-19-13/h3-9H,1-2H3,(H,21,22). The summed E-state index contributed by atoms with van der Waals surface area (Å²) in [5.74, 6) is -0.187. The quantitative estimate of drug-likeness (QED) is 0.748. The average molecular weight is 344 g/mol. The summed E-state index contributed by atoms with van der Waals surface area (Å²) in [6.07, 6.45) is 1.71. The molecule has 0 radical (unpaired) electrons. The largest absolute Gasteiger partial charge is 0.321 e. The van der Waals surface area contributed by atoms with Crippen LogP contribution in [0.15, 0.2) is 42.6 Å². The van der Waals surface area contributed by atoms with Gasteiger partial charge in [0.25, 0.3) is 5.91 Å². The maximum Gasteiger partial charge on any atom is 0.267 e. The Morgan fingerprint density at radius 2 is 2.04 bits per heavy atom. The normalized spacial score (nSPS) is 10.6. The maximum absolute atomic E-state index is 12.5. The lowest BCUT2D eigenvalue weighted by Crippen LogP contribution is -2.12. The molecule has 0 saturated heterocycles. The van der Waals surface area contributed by atoms with Crippen LogP contribution in [0.5, 0.6) is 0 Å². The van der Waals surface area contributed by atoms with Gasteiger partial charge in [0.15, 0.2) is 0 Å². The van der Waals surface area contributed by atoms with Crippen LogP contribution < -0.4 is 5.32 Å². The Labute approximate surface area is 143 Å². The summed E-state index contributed by atoms with van der Waals surface area (Å²) >= 11 is 7.32. The summed E-state index contributed by atoms with van der Waals surface area (Å²) in [7, 11) is 0. The van der Waals surface area contributed by atoms with Crippen LogP contribution in [0, 0.1) is 13.8 Å². The molecular weight excluding hydrogens is 330 g/mol. The zero-order chi connectivity index (χ0) is 16.4. The third kappa shape index (κ3) is 3.41. The summed E-state index contributed by atoms with van der Waals surface area (Å²) in [6, 6.07) is 11.0. The fourth-order valence-corrected chi connectivity index (χ4v) is 3.22. The smallest absolute Gasteiger partial charge is 0.267 e. The van der Waals surface area contributed by atoms with Gasteiger partial charge >= 0.3 is 0 Å². The SMILES string of the molecule is Cc1ccc(Cl)cc1NC(=O)c1sc(-c2ccccn2)nc1C. The van der Waals surface area contributed by atoms with E-state index < -0.39 is 0 Å². The predicted octanol–water partition coefficient (Wildman–Crippen LogP) is 4.73. The Bertz CT molecular complexity index is 862. The minimum Gasteiger partial charge on any atom is -0.321 e. The van der Waals surface area contributed by atoms with Crippen molar-refractivity contribution in [2.75, 3.05) is 5.32 Å².